The van der Waals surface area contributed by atoms with E-state index in [4.69, 9.17) is 4.74 Å². The van der Waals surface area contributed by atoms with Crippen LogP contribution in [-0.4, -0.2) is 55.9 Å². The van der Waals surface area contributed by atoms with E-state index in [1.54, 1.807) is 0 Å². The highest BCUT2D eigenvalue weighted by Crippen LogP contribution is 2.06. The van der Waals surface area contributed by atoms with Crippen molar-refractivity contribution in [2.45, 2.75) is 25.4 Å². The van der Waals surface area contributed by atoms with Crippen LogP contribution in [0.3, 0.4) is 0 Å². The first-order valence-corrected chi connectivity index (χ1v) is 5.62. The average molecular weight is 213 g/mol. The molecule has 2 atom stereocenters. The molecule has 0 aromatic carbocycles. The zero-order valence-corrected chi connectivity index (χ0v) is 9.16. The van der Waals surface area contributed by atoms with Crippen molar-refractivity contribution in [3.05, 3.63) is 0 Å². The minimum Gasteiger partial charge on any atom is -0.379 e. The number of nitrogens with zero attached hydrogens (tertiary/aromatic N) is 1. The van der Waals surface area contributed by atoms with Crippen LogP contribution in [0, 0.1) is 0 Å². The molecule has 0 spiro atoms. The number of carbonyl (C=O) groups is 1. The molecule has 0 radical (unpaired) electrons. The SMILES string of the molecule is CC1CN(CCC2COCCN2)C(=O)N1. The van der Waals surface area contributed by atoms with Gasteiger partial charge in [0.2, 0.25) is 0 Å². The Balaban J connectivity index is 1.70. The fourth-order valence-electron chi connectivity index (χ4n) is 2.07. The van der Waals surface area contributed by atoms with Crippen LogP contribution in [-0.2, 0) is 4.74 Å². The lowest BCUT2D eigenvalue weighted by Crippen LogP contribution is -2.43. The number of urea groups is 1. The van der Waals surface area contributed by atoms with Crippen molar-refractivity contribution in [2.75, 3.05) is 32.8 Å². The van der Waals surface area contributed by atoms with Crippen molar-refractivity contribution in [3.63, 3.8) is 0 Å². The van der Waals surface area contributed by atoms with Crippen LogP contribution in [0.2, 0.25) is 0 Å². The number of rotatable bonds is 3. The number of morpholine rings is 1. The van der Waals surface area contributed by atoms with Crippen molar-refractivity contribution < 1.29 is 9.53 Å². The smallest absolute Gasteiger partial charge is 0.317 e. The molecule has 2 heterocycles. The predicted molar refractivity (Wildman–Crippen MR) is 56.8 cm³/mol. The molecule has 5 heteroatoms. The highest BCUT2D eigenvalue weighted by atomic mass is 16.5. The van der Waals surface area contributed by atoms with Gasteiger partial charge in [-0.05, 0) is 13.3 Å². The third-order valence-electron chi connectivity index (χ3n) is 2.90. The van der Waals surface area contributed by atoms with E-state index < -0.39 is 0 Å². The first-order valence-electron chi connectivity index (χ1n) is 5.62. The quantitative estimate of drug-likeness (QED) is 0.681. The van der Waals surface area contributed by atoms with Gasteiger partial charge in [-0.25, -0.2) is 4.79 Å². The molecule has 5 nitrogen and oxygen atoms in total. The maximum absolute atomic E-state index is 11.4. The number of carbonyl (C=O) groups excluding carboxylic acids is 1. The highest BCUT2D eigenvalue weighted by molar-refractivity contribution is 5.76. The van der Waals surface area contributed by atoms with E-state index in [1.165, 1.54) is 0 Å². The van der Waals surface area contributed by atoms with Gasteiger partial charge in [0, 0.05) is 31.7 Å². The van der Waals surface area contributed by atoms with E-state index in [-0.39, 0.29) is 12.1 Å². The predicted octanol–water partition coefficient (Wildman–Crippen LogP) is -0.221. The van der Waals surface area contributed by atoms with Crippen LogP contribution in [0.15, 0.2) is 0 Å². The lowest BCUT2D eigenvalue weighted by Gasteiger charge is -2.25. The molecule has 0 aromatic rings. The molecule has 0 aromatic heterocycles. The number of nitrogens with one attached hydrogen (secondary N) is 2. The van der Waals surface area contributed by atoms with E-state index in [0.717, 1.165) is 39.3 Å². The van der Waals surface area contributed by atoms with Gasteiger partial charge in [0.15, 0.2) is 0 Å². The van der Waals surface area contributed by atoms with Crippen molar-refractivity contribution in [2.24, 2.45) is 0 Å². The number of amides is 2. The second-order valence-electron chi connectivity index (χ2n) is 4.31. The Morgan fingerprint density at radius 1 is 1.60 bits per heavy atom. The van der Waals surface area contributed by atoms with E-state index in [0.29, 0.717) is 6.04 Å². The van der Waals surface area contributed by atoms with Gasteiger partial charge < -0.3 is 20.3 Å². The van der Waals surface area contributed by atoms with E-state index >= 15 is 0 Å². The van der Waals surface area contributed by atoms with Gasteiger partial charge in [0.25, 0.3) is 0 Å². The molecule has 2 aliphatic rings. The number of hydrogen-bond donors (Lipinski definition) is 2. The highest BCUT2D eigenvalue weighted by Gasteiger charge is 2.25. The average Bonchev–Trinajstić information content (AvgIpc) is 2.56. The first-order chi connectivity index (χ1) is 7.25. The third-order valence-corrected chi connectivity index (χ3v) is 2.90. The van der Waals surface area contributed by atoms with Crippen LogP contribution < -0.4 is 10.6 Å². The van der Waals surface area contributed by atoms with Crippen molar-refractivity contribution in [1.29, 1.82) is 0 Å². The largest absolute Gasteiger partial charge is 0.379 e. The molecule has 2 rings (SSSR count). The summed E-state index contributed by atoms with van der Waals surface area (Å²) in [5.41, 5.74) is 0. The summed E-state index contributed by atoms with van der Waals surface area (Å²) in [6, 6.07) is 0.759. The third kappa shape index (κ3) is 2.82. The summed E-state index contributed by atoms with van der Waals surface area (Å²) in [6.45, 7) is 6.17. The van der Waals surface area contributed by atoms with Gasteiger partial charge in [-0.1, -0.05) is 0 Å². The Bertz CT molecular complexity index is 229. The summed E-state index contributed by atoms with van der Waals surface area (Å²) in [6.07, 6.45) is 0.972. The lowest BCUT2D eigenvalue weighted by molar-refractivity contribution is 0.0718. The Morgan fingerprint density at radius 3 is 3.07 bits per heavy atom. The molecular weight excluding hydrogens is 194 g/mol. The maximum Gasteiger partial charge on any atom is 0.317 e. The summed E-state index contributed by atoms with van der Waals surface area (Å²) >= 11 is 0. The van der Waals surface area contributed by atoms with Crippen LogP contribution in [0.25, 0.3) is 0 Å². The number of ether oxygens (including phenoxy) is 1. The molecular formula is C10H19N3O2. The van der Waals surface area contributed by atoms with Crippen LogP contribution >= 0.6 is 0 Å². The second-order valence-corrected chi connectivity index (χ2v) is 4.31. The van der Waals surface area contributed by atoms with E-state index in [2.05, 4.69) is 10.6 Å². The molecule has 2 aliphatic heterocycles. The molecule has 0 saturated carbocycles. The van der Waals surface area contributed by atoms with E-state index in [9.17, 15) is 4.79 Å². The zero-order chi connectivity index (χ0) is 10.7. The molecule has 2 fully saturated rings. The fourth-order valence-corrected chi connectivity index (χ4v) is 2.07. The zero-order valence-electron chi connectivity index (χ0n) is 9.16. The van der Waals surface area contributed by atoms with Crippen molar-refractivity contribution in [3.8, 4) is 0 Å². The van der Waals surface area contributed by atoms with Crippen LogP contribution in [0.1, 0.15) is 13.3 Å². The molecule has 0 bridgehead atoms. The normalized spacial score (nSPS) is 31.8. The van der Waals surface area contributed by atoms with Gasteiger partial charge in [0.1, 0.15) is 0 Å². The molecule has 0 aliphatic carbocycles. The Kier molecular flexibility index (Phi) is 3.43. The minimum absolute atomic E-state index is 0.0687. The van der Waals surface area contributed by atoms with E-state index in [1.807, 2.05) is 11.8 Å². The Morgan fingerprint density at radius 2 is 2.47 bits per heavy atom. The lowest BCUT2D eigenvalue weighted by atomic mass is 10.2. The van der Waals surface area contributed by atoms with Crippen molar-refractivity contribution in [1.82, 2.24) is 15.5 Å². The summed E-state index contributed by atoms with van der Waals surface area (Å²) < 4.78 is 5.36. The minimum atomic E-state index is 0.0687. The summed E-state index contributed by atoms with van der Waals surface area (Å²) in [5, 5.41) is 6.28. The molecule has 2 unspecified atom stereocenters. The number of hydrogen-bond acceptors (Lipinski definition) is 3. The maximum atomic E-state index is 11.4. The molecule has 2 N–H and O–H groups in total. The summed E-state index contributed by atoms with van der Waals surface area (Å²) in [5.74, 6) is 0. The van der Waals surface area contributed by atoms with Gasteiger partial charge in [-0.15, -0.1) is 0 Å². The first kappa shape index (κ1) is 10.7. The summed E-state index contributed by atoms with van der Waals surface area (Å²) in [4.78, 5) is 13.3. The monoisotopic (exact) mass is 213 g/mol. The fraction of sp³-hybridized carbons (Fsp3) is 0.900. The molecule has 15 heavy (non-hydrogen) atoms. The second kappa shape index (κ2) is 4.81. The van der Waals surface area contributed by atoms with Gasteiger partial charge in [-0.3, -0.25) is 0 Å². The summed E-state index contributed by atoms with van der Waals surface area (Å²) in [7, 11) is 0. The molecule has 86 valence electrons. The van der Waals surface area contributed by atoms with Crippen LogP contribution in [0.4, 0.5) is 4.79 Å². The van der Waals surface area contributed by atoms with Gasteiger partial charge in [-0.2, -0.15) is 0 Å². The Labute approximate surface area is 90.1 Å². The topological polar surface area (TPSA) is 53.6 Å². The Hall–Kier alpha value is -0.810. The van der Waals surface area contributed by atoms with Gasteiger partial charge in [0.05, 0.1) is 13.2 Å². The molecule has 2 saturated heterocycles. The van der Waals surface area contributed by atoms with Crippen molar-refractivity contribution >= 4 is 6.03 Å². The standard InChI is InChI=1S/C10H19N3O2/c1-8-6-13(10(14)12-8)4-2-9-7-15-5-3-11-9/h8-9,11H,2-7H2,1H3,(H,12,14). The van der Waals surface area contributed by atoms with Gasteiger partial charge >= 0.3 is 6.03 Å². The molecule has 2 amide bonds. The van der Waals surface area contributed by atoms with Crippen LogP contribution in [0.5, 0.6) is 0 Å².